The molecule has 0 bridgehead atoms. The van der Waals surface area contributed by atoms with Gasteiger partial charge < -0.3 is 4.90 Å². The normalized spacial score (nSPS) is 8.96. The second-order valence-corrected chi connectivity index (χ2v) is 7.18. The Morgan fingerprint density at radius 3 is 1.58 bits per heavy atom. The van der Waals surface area contributed by atoms with Crippen molar-refractivity contribution in [1.82, 2.24) is 14.9 Å². The highest BCUT2D eigenvalue weighted by Gasteiger charge is 1.96. The Balaban J connectivity index is 0.000000343. The third kappa shape index (κ3) is 11.4. The molecule has 2 heterocycles. The maximum Gasteiger partial charge on any atom is 0.218 e. The summed E-state index contributed by atoms with van der Waals surface area (Å²) in [6.07, 6.45) is 3.29. The van der Waals surface area contributed by atoms with Crippen LogP contribution in [0.5, 0.6) is 0 Å². The third-order valence-corrected chi connectivity index (χ3v) is 3.86. The van der Waals surface area contributed by atoms with Gasteiger partial charge in [0.1, 0.15) is 9.21 Å². The molecule has 0 N–H and O–H groups in total. The molecule has 0 radical (unpaired) electrons. The fourth-order valence-corrected chi connectivity index (χ4v) is 1.65. The molecule has 1 amide bonds. The van der Waals surface area contributed by atoms with E-state index in [0.717, 1.165) is 13.7 Å². The van der Waals surface area contributed by atoms with E-state index in [1.165, 1.54) is 18.7 Å². The molecule has 2 aromatic heterocycles. The maximum atomic E-state index is 10.7. The number of hydrogen-bond acceptors (Lipinski definition) is 4. The van der Waals surface area contributed by atoms with E-state index < -0.39 is 0 Å². The molecule has 0 aliphatic heterocycles. The summed E-state index contributed by atoms with van der Waals surface area (Å²) in [5.74, 6) is 0.134. The third-order valence-electron chi connectivity index (χ3n) is 2.45. The number of nitrogens with zero attached hydrogens (tertiary/aromatic N) is 3. The van der Waals surface area contributed by atoms with Crippen molar-refractivity contribution >= 4 is 59.5 Å². The van der Waals surface area contributed by atoms with Gasteiger partial charge in [-0.3, -0.25) is 9.59 Å². The molecule has 0 spiro atoms. The SMILES string of the molecule is Brc1ccc(Br)nc1.CC(=O)N(C)C.CC(=O)c1ccc(Br)nc1. The first-order valence-corrected chi connectivity index (χ1v) is 9.08. The first-order chi connectivity index (χ1) is 11.1. The summed E-state index contributed by atoms with van der Waals surface area (Å²) in [6, 6.07) is 7.29. The summed E-state index contributed by atoms with van der Waals surface area (Å²) < 4.78 is 2.61. The summed E-state index contributed by atoms with van der Waals surface area (Å²) >= 11 is 9.65. The lowest BCUT2D eigenvalue weighted by Crippen LogP contribution is -2.17. The molecule has 0 aliphatic carbocycles. The van der Waals surface area contributed by atoms with Gasteiger partial charge in [-0.25, -0.2) is 9.97 Å². The Labute approximate surface area is 167 Å². The molecule has 2 aromatic rings. The second kappa shape index (κ2) is 12.3. The molecule has 0 saturated carbocycles. The fraction of sp³-hybridized carbons (Fsp3) is 0.250. The predicted molar refractivity (Wildman–Crippen MR) is 106 cm³/mol. The number of hydrogen-bond donors (Lipinski definition) is 0. The van der Waals surface area contributed by atoms with Crippen LogP contribution in [0.2, 0.25) is 0 Å². The smallest absolute Gasteiger partial charge is 0.218 e. The predicted octanol–water partition coefficient (Wildman–Crippen LogP) is 4.75. The van der Waals surface area contributed by atoms with E-state index in [1.807, 2.05) is 12.1 Å². The van der Waals surface area contributed by atoms with E-state index in [0.29, 0.717) is 5.56 Å². The van der Waals surface area contributed by atoms with Crippen molar-refractivity contribution in [2.45, 2.75) is 13.8 Å². The Kier molecular flexibility index (Phi) is 11.7. The number of rotatable bonds is 1. The van der Waals surface area contributed by atoms with Crippen molar-refractivity contribution in [3.63, 3.8) is 0 Å². The van der Waals surface area contributed by atoms with E-state index >= 15 is 0 Å². The van der Waals surface area contributed by atoms with Crippen LogP contribution in [0.25, 0.3) is 0 Å². The quantitative estimate of drug-likeness (QED) is 0.400. The van der Waals surface area contributed by atoms with Crippen LogP contribution in [0.4, 0.5) is 0 Å². The number of aromatic nitrogens is 2. The zero-order valence-corrected chi connectivity index (χ0v) is 18.5. The lowest BCUT2D eigenvalue weighted by molar-refractivity contribution is -0.126. The number of pyridine rings is 2. The standard InChI is InChI=1S/C7H6BrNO.C5H3Br2N.C4H9NO/c1-5(10)6-2-3-7(8)9-4-6;6-4-1-2-5(7)8-3-4;1-4(6)5(2)3/h2-4H,1H3;1-3H;1-3H3. The molecule has 130 valence electrons. The number of ketones is 1. The minimum atomic E-state index is 0.0417. The summed E-state index contributed by atoms with van der Waals surface area (Å²) in [5, 5.41) is 0. The van der Waals surface area contributed by atoms with E-state index in [9.17, 15) is 9.59 Å². The molecule has 0 saturated heterocycles. The highest BCUT2D eigenvalue weighted by Crippen LogP contribution is 2.10. The van der Waals surface area contributed by atoms with Gasteiger partial charge in [0.25, 0.3) is 0 Å². The van der Waals surface area contributed by atoms with E-state index in [2.05, 4.69) is 57.8 Å². The number of halogens is 3. The van der Waals surface area contributed by atoms with Crippen molar-refractivity contribution in [2.24, 2.45) is 0 Å². The number of carbonyl (C=O) groups is 2. The summed E-state index contributed by atoms with van der Waals surface area (Å²) in [4.78, 5) is 30.1. The summed E-state index contributed by atoms with van der Waals surface area (Å²) in [6.45, 7) is 3.05. The van der Waals surface area contributed by atoms with Crippen LogP contribution < -0.4 is 0 Å². The molecule has 24 heavy (non-hydrogen) atoms. The topological polar surface area (TPSA) is 63.2 Å². The van der Waals surface area contributed by atoms with Gasteiger partial charge in [0.15, 0.2) is 5.78 Å². The van der Waals surface area contributed by atoms with Crippen LogP contribution in [0.3, 0.4) is 0 Å². The Morgan fingerprint density at radius 2 is 1.33 bits per heavy atom. The molecule has 0 unspecified atom stereocenters. The Bertz CT molecular complexity index is 624. The highest BCUT2D eigenvalue weighted by atomic mass is 79.9. The molecule has 0 aliphatic rings. The molecular weight excluding hydrogens is 506 g/mol. The van der Waals surface area contributed by atoms with E-state index in [-0.39, 0.29) is 11.7 Å². The van der Waals surface area contributed by atoms with Gasteiger partial charge >= 0.3 is 0 Å². The average molecular weight is 524 g/mol. The molecule has 2 rings (SSSR count). The molecule has 0 atom stereocenters. The van der Waals surface area contributed by atoms with Gasteiger partial charge in [0, 0.05) is 43.4 Å². The van der Waals surface area contributed by atoms with Crippen molar-refractivity contribution in [3.8, 4) is 0 Å². The van der Waals surface area contributed by atoms with Crippen molar-refractivity contribution < 1.29 is 9.59 Å². The number of Topliss-reactive ketones (excluding diaryl/α,β-unsaturated/α-hetero) is 1. The number of carbonyl (C=O) groups excluding carboxylic acids is 2. The van der Waals surface area contributed by atoms with Gasteiger partial charge in [-0.2, -0.15) is 0 Å². The van der Waals surface area contributed by atoms with Crippen LogP contribution in [0.15, 0.2) is 50.3 Å². The highest BCUT2D eigenvalue weighted by molar-refractivity contribution is 9.11. The maximum absolute atomic E-state index is 10.7. The second-order valence-electron chi connectivity index (χ2n) is 4.64. The Hall–Kier alpha value is -1.12. The zero-order valence-electron chi connectivity index (χ0n) is 13.8. The van der Waals surface area contributed by atoms with E-state index in [4.69, 9.17) is 0 Å². The molecule has 0 aromatic carbocycles. The van der Waals surface area contributed by atoms with Crippen molar-refractivity contribution in [1.29, 1.82) is 0 Å². The van der Waals surface area contributed by atoms with Gasteiger partial charge in [-0.1, -0.05) is 0 Å². The minimum Gasteiger partial charge on any atom is -0.349 e. The first kappa shape index (κ1) is 22.9. The average Bonchev–Trinajstić information content (AvgIpc) is 2.52. The lowest BCUT2D eigenvalue weighted by atomic mass is 10.2. The number of amides is 1. The summed E-state index contributed by atoms with van der Waals surface area (Å²) in [7, 11) is 3.45. The van der Waals surface area contributed by atoms with Gasteiger partial charge in [-0.15, -0.1) is 0 Å². The minimum absolute atomic E-state index is 0.0417. The molecule has 0 fully saturated rings. The Morgan fingerprint density at radius 1 is 0.875 bits per heavy atom. The van der Waals surface area contributed by atoms with Crippen LogP contribution in [-0.2, 0) is 4.79 Å². The molecular formula is C16H18Br3N3O2. The van der Waals surface area contributed by atoms with Crippen molar-refractivity contribution in [3.05, 3.63) is 55.9 Å². The van der Waals surface area contributed by atoms with Crippen LogP contribution in [-0.4, -0.2) is 40.7 Å². The lowest BCUT2D eigenvalue weighted by Gasteiger charge is -2.02. The van der Waals surface area contributed by atoms with E-state index in [1.54, 1.807) is 38.6 Å². The first-order valence-electron chi connectivity index (χ1n) is 6.71. The summed E-state index contributed by atoms with van der Waals surface area (Å²) in [5.41, 5.74) is 0.642. The van der Waals surface area contributed by atoms with Gasteiger partial charge in [-0.05, 0) is 79.0 Å². The van der Waals surface area contributed by atoms with Crippen LogP contribution >= 0.6 is 47.8 Å². The largest absolute Gasteiger partial charge is 0.349 e. The van der Waals surface area contributed by atoms with Crippen LogP contribution in [0.1, 0.15) is 24.2 Å². The van der Waals surface area contributed by atoms with Crippen LogP contribution in [0, 0.1) is 0 Å². The van der Waals surface area contributed by atoms with Crippen molar-refractivity contribution in [2.75, 3.05) is 14.1 Å². The van der Waals surface area contributed by atoms with Gasteiger partial charge in [0.2, 0.25) is 5.91 Å². The molecule has 8 heteroatoms. The van der Waals surface area contributed by atoms with Gasteiger partial charge in [0.05, 0.1) is 0 Å². The molecule has 5 nitrogen and oxygen atoms in total. The monoisotopic (exact) mass is 521 g/mol. The zero-order chi connectivity index (χ0) is 18.7. The fourth-order valence-electron chi connectivity index (χ4n) is 0.942.